The number of amides is 4. The number of hydrogen-bond acceptors (Lipinski definition) is 6. The van der Waals surface area contributed by atoms with Crippen molar-refractivity contribution in [1.29, 1.82) is 0 Å². The van der Waals surface area contributed by atoms with Crippen molar-refractivity contribution in [3.05, 3.63) is 28.8 Å². The summed E-state index contributed by atoms with van der Waals surface area (Å²) in [5, 5.41) is 2.18. The molecule has 9 nitrogen and oxygen atoms in total. The highest BCUT2D eigenvalue weighted by atomic mass is 19.1. The number of anilines is 1. The molecular weight excluding hydrogens is 438 g/mol. The molecule has 1 unspecified atom stereocenters. The predicted octanol–water partition coefficient (Wildman–Crippen LogP) is 1.78. The summed E-state index contributed by atoms with van der Waals surface area (Å²) in [4.78, 5) is 52.8. The average molecular weight is 464 g/mol. The van der Waals surface area contributed by atoms with Crippen LogP contribution in [0.15, 0.2) is 6.07 Å². The first-order chi connectivity index (χ1) is 15.5. The number of piperazine rings is 1. The molecule has 3 heterocycles. The largest absolute Gasteiger partial charge is 0.444 e. The molecule has 3 aliphatic rings. The van der Waals surface area contributed by atoms with E-state index in [0.29, 0.717) is 0 Å². The minimum absolute atomic E-state index is 0.0238. The quantitative estimate of drug-likeness (QED) is 0.670. The van der Waals surface area contributed by atoms with Crippen LogP contribution in [0.25, 0.3) is 0 Å². The van der Waals surface area contributed by atoms with E-state index in [1.165, 1.54) is 14.7 Å². The maximum absolute atomic E-state index is 15.4. The van der Waals surface area contributed by atoms with E-state index in [-0.39, 0.29) is 62.4 Å². The molecule has 0 saturated carbocycles. The lowest BCUT2D eigenvalue weighted by atomic mass is 10.0. The van der Waals surface area contributed by atoms with E-state index in [1.807, 2.05) is 0 Å². The van der Waals surface area contributed by atoms with Crippen molar-refractivity contribution in [2.75, 3.05) is 31.1 Å². The summed E-state index contributed by atoms with van der Waals surface area (Å²) in [6.45, 7) is 5.94. The van der Waals surface area contributed by atoms with Crippen LogP contribution in [0.3, 0.4) is 0 Å². The molecule has 4 rings (SSSR count). The Bertz CT molecular complexity index is 1030. The molecule has 2 fully saturated rings. The van der Waals surface area contributed by atoms with E-state index in [9.17, 15) is 23.6 Å². The molecule has 2 saturated heterocycles. The van der Waals surface area contributed by atoms with Crippen LogP contribution in [0, 0.1) is 11.6 Å². The number of benzene rings is 1. The molecule has 0 aromatic heterocycles. The number of imide groups is 1. The number of halogens is 2. The molecule has 4 amide bonds. The Kier molecular flexibility index (Phi) is 5.75. The molecule has 0 aliphatic carbocycles. The highest BCUT2D eigenvalue weighted by molar-refractivity contribution is 6.05. The van der Waals surface area contributed by atoms with Gasteiger partial charge in [0, 0.05) is 38.2 Å². The fourth-order valence-electron chi connectivity index (χ4n) is 4.35. The summed E-state index contributed by atoms with van der Waals surface area (Å²) in [5.41, 5.74) is -0.995. The first-order valence-corrected chi connectivity index (χ1v) is 10.8. The van der Waals surface area contributed by atoms with Crippen molar-refractivity contribution in [1.82, 2.24) is 15.1 Å². The summed E-state index contributed by atoms with van der Waals surface area (Å²) in [6, 6.07) is 0.0910. The second kappa shape index (κ2) is 8.27. The van der Waals surface area contributed by atoms with Gasteiger partial charge in [-0.3, -0.25) is 19.7 Å². The SMILES string of the molecule is CC(C)(C)OC(=O)N1CCN(c2c(F)cc3c(c2F)CN(C2CCC(=O)NC2=O)C3=O)CC1. The van der Waals surface area contributed by atoms with E-state index >= 15 is 4.39 Å². The Morgan fingerprint density at radius 2 is 1.79 bits per heavy atom. The molecule has 3 aliphatic heterocycles. The summed E-state index contributed by atoms with van der Waals surface area (Å²) >= 11 is 0. The van der Waals surface area contributed by atoms with Gasteiger partial charge in [-0.15, -0.1) is 0 Å². The van der Waals surface area contributed by atoms with Crippen LogP contribution in [0.5, 0.6) is 0 Å². The number of fused-ring (bicyclic) bond motifs is 1. The molecule has 178 valence electrons. The number of carbonyl (C=O) groups excluding carboxylic acids is 4. The van der Waals surface area contributed by atoms with Gasteiger partial charge in [-0.2, -0.15) is 0 Å². The predicted molar refractivity (Wildman–Crippen MR) is 112 cm³/mol. The number of nitrogens with one attached hydrogen (secondary N) is 1. The molecule has 0 radical (unpaired) electrons. The Hall–Kier alpha value is -3.24. The van der Waals surface area contributed by atoms with Crippen LogP contribution in [0.1, 0.15) is 49.5 Å². The first-order valence-electron chi connectivity index (χ1n) is 10.8. The molecule has 33 heavy (non-hydrogen) atoms. The van der Waals surface area contributed by atoms with E-state index in [1.54, 1.807) is 20.8 Å². The lowest BCUT2D eigenvalue weighted by Gasteiger charge is -2.37. The minimum Gasteiger partial charge on any atom is -0.444 e. The van der Waals surface area contributed by atoms with Gasteiger partial charge >= 0.3 is 6.09 Å². The number of hydrogen-bond donors (Lipinski definition) is 1. The number of ether oxygens (including phenoxy) is 1. The van der Waals surface area contributed by atoms with Gasteiger partial charge in [-0.1, -0.05) is 0 Å². The minimum atomic E-state index is -0.911. The van der Waals surface area contributed by atoms with Gasteiger partial charge in [0.05, 0.1) is 12.1 Å². The van der Waals surface area contributed by atoms with Gasteiger partial charge in [-0.25, -0.2) is 13.6 Å². The second-order valence-electron chi connectivity index (χ2n) is 9.40. The summed E-state index contributed by atoms with van der Waals surface area (Å²) in [7, 11) is 0. The lowest BCUT2D eigenvalue weighted by Crippen LogP contribution is -2.52. The fraction of sp³-hybridized carbons (Fsp3) is 0.545. The smallest absolute Gasteiger partial charge is 0.410 e. The maximum atomic E-state index is 15.4. The highest BCUT2D eigenvalue weighted by Gasteiger charge is 2.42. The van der Waals surface area contributed by atoms with Crippen LogP contribution in [0.2, 0.25) is 0 Å². The maximum Gasteiger partial charge on any atom is 0.410 e. The molecular formula is C22H26F2N4O5. The monoisotopic (exact) mass is 464 g/mol. The normalized spacial score (nSPS) is 21.3. The zero-order valence-electron chi connectivity index (χ0n) is 18.7. The number of piperidine rings is 1. The van der Waals surface area contributed by atoms with Crippen LogP contribution < -0.4 is 10.2 Å². The molecule has 1 N–H and O–H groups in total. The van der Waals surface area contributed by atoms with Crippen LogP contribution in [0.4, 0.5) is 19.3 Å². The molecule has 11 heteroatoms. The van der Waals surface area contributed by atoms with Crippen molar-refractivity contribution in [3.8, 4) is 0 Å². The van der Waals surface area contributed by atoms with Crippen molar-refractivity contribution in [2.24, 2.45) is 0 Å². The third kappa shape index (κ3) is 4.36. The zero-order valence-corrected chi connectivity index (χ0v) is 18.7. The van der Waals surface area contributed by atoms with Gasteiger partial charge < -0.3 is 19.4 Å². The van der Waals surface area contributed by atoms with Crippen molar-refractivity contribution >= 4 is 29.5 Å². The summed E-state index contributed by atoms with van der Waals surface area (Å²) < 4.78 is 35.8. The molecule has 1 atom stereocenters. The molecule has 1 aromatic carbocycles. The fourth-order valence-corrected chi connectivity index (χ4v) is 4.35. The summed E-state index contributed by atoms with van der Waals surface area (Å²) in [6.07, 6.45) is -0.281. The van der Waals surface area contributed by atoms with Crippen molar-refractivity contribution in [3.63, 3.8) is 0 Å². The Balaban J connectivity index is 1.51. The van der Waals surface area contributed by atoms with Gasteiger partial charge in [0.25, 0.3) is 5.91 Å². The highest BCUT2D eigenvalue weighted by Crippen LogP contribution is 2.36. The van der Waals surface area contributed by atoms with E-state index < -0.39 is 47.1 Å². The van der Waals surface area contributed by atoms with Crippen LogP contribution >= 0.6 is 0 Å². The molecule has 0 bridgehead atoms. The number of nitrogens with zero attached hydrogens (tertiary/aromatic N) is 3. The second-order valence-corrected chi connectivity index (χ2v) is 9.40. The van der Waals surface area contributed by atoms with Crippen molar-refractivity contribution < 1.29 is 32.7 Å². The molecule has 1 aromatic rings. The molecule has 0 spiro atoms. The standard InChI is InChI=1S/C22H26F2N4O5/c1-22(2,3)33-21(32)27-8-6-26(7-9-27)18-14(23)10-12-13(17(18)24)11-28(20(12)31)15-4-5-16(29)25-19(15)30/h10,15H,4-9,11H2,1-3H3,(H,25,29,30). The number of carbonyl (C=O) groups is 4. The van der Waals surface area contributed by atoms with Crippen LogP contribution in [-0.4, -0.2) is 71.4 Å². The van der Waals surface area contributed by atoms with Gasteiger partial charge in [0.1, 0.15) is 23.1 Å². The van der Waals surface area contributed by atoms with Crippen molar-refractivity contribution in [2.45, 2.75) is 51.8 Å². The Morgan fingerprint density at radius 1 is 1.12 bits per heavy atom. The Labute approximate surface area is 189 Å². The van der Waals surface area contributed by atoms with E-state index in [0.717, 1.165) is 6.07 Å². The van der Waals surface area contributed by atoms with Gasteiger partial charge in [-0.05, 0) is 33.3 Å². The lowest BCUT2D eigenvalue weighted by molar-refractivity contribution is -0.136. The van der Waals surface area contributed by atoms with Gasteiger partial charge in [0.15, 0.2) is 5.82 Å². The third-order valence-electron chi connectivity index (χ3n) is 5.95. The third-order valence-corrected chi connectivity index (χ3v) is 5.95. The average Bonchev–Trinajstić information content (AvgIpc) is 3.04. The van der Waals surface area contributed by atoms with E-state index in [2.05, 4.69) is 5.32 Å². The Morgan fingerprint density at radius 3 is 2.39 bits per heavy atom. The topological polar surface area (TPSA) is 99.3 Å². The first kappa shape index (κ1) is 22.9. The van der Waals surface area contributed by atoms with E-state index in [4.69, 9.17) is 4.74 Å². The number of rotatable bonds is 2. The van der Waals surface area contributed by atoms with Gasteiger partial charge in [0.2, 0.25) is 11.8 Å². The van der Waals surface area contributed by atoms with Crippen LogP contribution in [-0.2, 0) is 20.9 Å². The summed E-state index contributed by atoms with van der Waals surface area (Å²) in [5.74, 6) is -3.41. The zero-order chi connectivity index (χ0) is 24.1.